The standard InChI is InChI=1S/C18H21ClO5Si/c1-18(24-25-13-12-19,22-16-8-4-14(20-2)5-9-16)23-17-10-6-15(21-3)7-11-17/h4-11H,12-13H2,1-3H3. The van der Waals surface area contributed by atoms with E-state index in [2.05, 4.69) is 0 Å². The first kappa shape index (κ1) is 19.4. The average Bonchev–Trinajstić information content (AvgIpc) is 2.63. The second-order valence-corrected chi connectivity index (χ2v) is 6.47. The smallest absolute Gasteiger partial charge is 0.358 e. The Hall–Kier alpha value is -1.89. The summed E-state index contributed by atoms with van der Waals surface area (Å²) >= 11 is 5.74. The van der Waals surface area contributed by atoms with Crippen LogP contribution in [0, 0.1) is 0 Å². The molecule has 2 aromatic carbocycles. The first-order chi connectivity index (χ1) is 12.1. The van der Waals surface area contributed by atoms with Crippen molar-refractivity contribution in [2.45, 2.75) is 18.9 Å². The molecule has 7 heteroatoms. The Bertz CT molecular complexity index is 583. The maximum Gasteiger partial charge on any atom is 0.358 e. The zero-order chi connectivity index (χ0) is 18.1. The van der Waals surface area contributed by atoms with Crippen molar-refractivity contribution in [3.63, 3.8) is 0 Å². The molecule has 0 unspecified atom stereocenters. The largest absolute Gasteiger partial charge is 0.497 e. The molecule has 0 N–H and O–H groups in total. The van der Waals surface area contributed by atoms with E-state index in [9.17, 15) is 0 Å². The highest BCUT2D eigenvalue weighted by molar-refractivity contribution is 6.31. The van der Waals surface area contributed by atoms with Gasteiger partial charge >= 0.3 is 5.97 Å². The van der Waals surface area contributed by atoms with Crippen LogP contribution in [0.1, 0.15) is 6.92 Å². The number of methoxy groups -OCH3 is 2. The van der Waals surface area contributed by atoms with E-state index in [-0.39, 0.29) is 9.76 Å². The number of hydrogen-bond donors (Lipinski definition) is 0. The van der Waals surface area contributed by atoms with Crippen LogP contribution >= 0.6 is 11.6 Å². The molecular weight excluding hydrogens is 360 g/mol. The minimum absolute atomic E-state index is 0.151. The molecule has 2 aromatic rings. The van der Waals surface area contributed by atoms with Gasteiger partial charge in [-0.3, -0.25) is 0 Å². The molecule has 0 aliphatic carbocycles. The van der Waals surface area contributed by atoms with Gasteiger partial charge in [0.25, 0.3) is 0 Å². The van der Waals surface area contributed by atoms with Gasteiger partial charge < -0.3 is 23.4 Å². The van der Waals surface area contributed by atoms with Gasteiger partial charge in [-0.05, 0) is 54.6 Å². The van der Waals surface area contributed by atoms with Gasteiger partial charge in [0.2, 0.25) is 9.76 Å². The maximum absolute atomic E-state index is 5.94. The number of hydrogen-bond acceptors (Lipinski definition) is 5. The van der Waals surface area contributed by atoms with Gasteiger partial charge in [0.05, 0.1) is 14.2 Å². The highest BCUT2D eigenvalue weighted by atomic mass is 35.5. The van der Waals surface area contributed by atoms with Crippen molar-refractivity contribution >= 4 is 21.4 Å². The quantitative estimate of drug-likeness (QED) is 0.268. The van der Waals surface area contributed by atoms with E-state index in [1.807, 2.05) is 24.3 Å². The van der Waals surface area contributed by atoms with E-state index in [1.54, 1.807) is 45.4 Å². The first-order valence-corrected chi connectivity index (χ1v) is 9.36. The minimum Gasteiger partial charge on any atom is -0.497 e. The minimum atomic E-state index is -1.28. The fourth-order valence-electron chi connectivity index (χ4n) is 2.00. The van der Waals surface area contributed by atoms with Gasteiger partial charge in [-0.2, -0.15) is 0 Å². The van der Waals surface area contributed by atoms with E-state index in [4.69, 9.17) is 35.0 Å². The van der Waals surface area contributed by atoms with Crippen LogP contribution in [0.2, 0.25) is 6.04 Å². The molecule has 0 spiro atoms. The van der Waals surface area contributed by atoms with Gasteiger partial charge in [-0.25, -0.2) is 0 Å². The summed E-state index contributed by atoms with van der Waals surface area (Å²) in [5.41, 5.74) is 0. The van der Waals surface area contributed by atoms with Crippen molar-refractivity contribution in [2.75, 3.05) is 20.1 Å². The van der Waals surface area contributed by atoms with Crippen LogP contribution in [0.25, 0.3) is 0 Å². The van der Waals surface area contributed by atoms with Crippen molar-refractivity contribution in [1.29, 1.82) is 0 Å². The summed E-state index contributed by atoms with van der Waals surface area (Å²) in [6, 6.07) is 15.1. The molecule has 0 amide bonds. The molecule has 0 heterocycles. The highest BCUT2D eigenvalue weighted by Crippen LogP contribution is 2.27. The Labute approximate surface area is 155 Å². The van der Waals surface area contributed by atoms with Crippen LogP contribution in [0.4, 0.5) is 0 Å². The van der Waals surface area contributed by atoms with Crippen LogP contribution in [-0.2, 0) is 4.43 Å². The summed E-state index contributed by atoms with van der Waals surface area (Å²) in [7, 11) is 3.38. The third kappa shape index (κ3) is 6.15. The summed E-state index contributed by atoms with van der Waals surface area (Å²) in [6.45, 7) is 1.72. The number of halogens is 1. The Morgan fingerprint density at radius 2 is 1.20 bits per heavy atom. The predicted octanol–water partition coefficient (Wildman–Crippen LogP) is 4.13. The van der Waals surface area contributed by atoms with Crippen LogP contribution in [0.3, 0.4) is 0 Å². The Morgan fingerprint density at radius 1 is 0.800 bits per heavy atom. The van der Waals surface area contributed by atoms with Crippen molar-refractivity contribution in [3.8, 4) is 23.0 Å². The molecule has 0 fully saturated rings. The van der Waals surface area contributed by atoms with Crippen molar-refractivity contribution in [2.24, 2.45) is 0 Å². The lowest BCUT2D eigenvalue weighted by Gasteiger charge is -2.30. The highest BCUT2D eigenvalue weighted by Gasteiger charge is 2.30. The van der Waals surface area contributed by atoms with E-state index >= 15 is 0 Å². The number of alkyl halides is 1. The zero-order valence-corrected chi connectivity index (χ0v) is 16.2. The molecule has 2 radical (unpaired) electrons. The molecule has 0 aromatic heterocycles. The molecule has 0 aliphatic heterocycles. The molecule has 2 rings (SSSR count). The van der Waals surface area contributed by atoms with Gasteiger partial charge in [0.1, 0.15) is 23.0 Å². The lowest BCUT2D eigenvalue weighted by atomic mass is 10.3. The van der Waals surface area contributed by atoms with Crippen LogP contribution in [0.15, 0.2) is 48.5 Å². The van der Waals surface area contributed by atoms with Crippen molar-refractivity contribution in [1.82, 2.24) is 0 Å². The predicted molar refractivity (Wildman–Crippen MR) is 98.0 cm³/mol. The van der Waals surface area contributed by atoms with Gasteiger partial charge in [-0.1, -0.05) is 0 Å². The van der Waals surface area contributed by atoms with E-state index in [0.717, 1.165) is 17.5 Å². The fraction of sp³-hybridized carbons (Fsp3) is 0.333. The van der Waals surface area contributed by atoms with E-state index in [1.165, 1.54) is 0 Å². The van der Waals surface area contributed by atoms with E-state index in [0.29, 0.717) is 17.4 Å². The lowest BCUT2D eigenvalue weighted by molar-refractivity contribution is -0.239. The normalized spacial score (nSPS) is 11.0. The third-order valence-electron chi connectivity index (χ3n) is 3.18. The summed E-state index contributed by atoms with van der Waals surface area (Å²) in [6.07, 6.45) is 0. The maximum atomic E-state index is 5.94. The van der Waals surface area contributed by atoms with Crippen molar-refractivity contribution in [3.05, 3.63) is 48.5 Å². The Morgan fingerprint density at radius 3 is 1.56 bits per heavy atom. The first-order valence-electron chi connectivity index (χ1n) is 7.71. The zero-order valence-electron chi connectivity index (χ0n) is 14.5. The number of rotatable bonds is 10. The Kier molecular flexibility index (Phi) is 7.43. The second-order valence-electron chi connectivity index (χ2n) is 5.10. The molecule has 0 saturated carbocycles. The molecule has 0 aliphatic rings. The van der Waals surface area contributed by atoms with Crippen LogP contribution < -0.4 is 18.9 Å². The molecular formula is C18H21ClO5Si. The molecule has 0 saturated heterocycles. The van der Waals surface area contributed by atoms with Gasteiger partial charge in [0, 0.05) is 12.8 Å². The Balaban J connectivity index is 2.12. The third-order valence-corrected chi connectivity index (χ3v) is 4.65. The summed E-state index contributed by atoms with van der Waals surface area (Å²) < 4.78 is 28.0. The van der Waals surface area contributed by atoms with Crippen LogP contribution in [-0.4, -0.2) is 35.8 Å². The van der Waals surface area contributed by atoms with E-state index < -0.39 is 5.97 Å². The monoisotopic (exact) mass is 380 g/mol. The van der Waals surface area contributed by atoms with Gasteiger partial charge in [-0.15, -0.1) is 11.6 Å². The second kappa shape index (κ2) is 9.55. The molecule has 0 atom stereocenters. The summed E-state index contributed by atoms with van der Waals surface area (Å²) in [5.74, 6) is 1.93. The SMILES string of the molecule is COc1ccc(OC(C)(O[Si]CCCl)Oc2ccc(OC)cc2)cc1. The molecule has 5 nitrogen and oxygen atoms in total. The average molecular weight is 381 g/mol. The molecule has 134 valence electrons. The fourth-order valence-corrected chi connectivity index (χ4v) is 2.76. The number of ether oxygens (including phenoxy) is 4. The molecule has 25 heavy (non-hydrogen) atoms. The van der Waals surface area contributed by atoms with Crippen LogP contribution in [0.5, 0.6) is 23.0 Å². The topological polar surface area (TPSA) is 46.2 Å². The van der Waals surface area contributed by atoms with Gasteiger partial charge in [0.15, 0.2) is 0 Å². The summed E-state index contributed by atoms with van der Waals surface area (Å²) in [5, 5.41) is 0. The number of benzene rings is 2. The molecule has 0 bridgehead atoms. The van der Waals surface area contributed by atoms with Crippen molar-refractivity contribution < 1.29 is 23.4 Å². The summed E-state index contributed by atoms with van der Waals surface area (Å²) in [4.78, 5) is 0. The lowest BCUT2D eigenvalue weighted by Crippen LogP contribution is -2.43.